The van der Waals surface area contributed by atoms with Crippen LogP contribution in [0.15, 0.2) is 0 Å². The molecule has 0 radical (unpaired) electrons. The van der Waals surface area contributed by atoms with Gasteiger partial charge in [0.25, 0.3) is 0 Å². The van der Waals surface area contributed by atoms with Crippen LogP contribution in [0.5, 0.6) is 0 Å². The Morgan fingerprint density at radius 3 is 1.94 bits per heavy atom. The van der Waals surface area contributed by atoms with Crippen LogP contribution >= 0.6 is 11.8 Å². The minimum Gasteiger partial charge on any atom is -0.481 e. The largest absolute Gasteiger partial charge is 0.481 e. The molecule has 6 heteroatoms. The number of carboxylic acids is 1. The van der Waals surface area contributed by atoms with Crippen molar-refractivity contribution in [1.29, 1.82) is 5.41 Å². The Labute approximate surface area is 101 Å². The van der Waals surface area contributed by atoms with Crippen molar-refractivity contribution >= 4 is 23.7 Å². The molecule has 0 aromatic rings. The molecule has 96 valence electrons. The third kappa shape index (κ3) is 29.2. The fraction of sp³-hybridized carbons (Fsp3) is 0.800. The minimum atomic E-state index is -0.693. The number of rotatable bonds is 3. The van der Waals surface area contributed by atoms with Crippen molar-refractivity contribution in [3.63, 3.8) is 0 Å². The molecule has 0 amide bonds. The molecule has 0 atom stereocenters. The maximum Gasteiger partial charge on any atom is 0.303 e. The van der Waals surface area contributed by atoms with E-state index >= 15 is 0 Å². The number of nitrogens with two attached hydrogens (primary N) is 2. The number of unbranched alkanes of at least 4 members (excludes halogenated alkanes) is 1. The van der Waals surface area contributed by atoms with E-state index in [1.54, 1.807) is 0 Å². The third-order valence-corrected chi connectivity index (χ3v) is 2.73. The molecule has 0 aliphatic carbocycles. The zero-order chi connectivity index (χ0) is 12.8. The second kappa shape index (κ2) is 14.1. The Bertz CT molecular complexity index is 173. The highest BCUT2D eigenvalue weighted by Gasteiger charge is 1.95. The second-order valence-corrected chi connectivity index (χ2v) is 4.50. The predicted molar refractivity (Wildman–Crippen MR) is 69.8 cm³/mol. The molecule has 5 nitrogen and oxygen atoms in total. The van der Waals surface area contributed by atoms with Gasteiger partial charge >= 0.3 is 5.97 Å². The van der Waals surface area contributed by atoms with Gasteiger partial charge < -0.3 is 16.6 Å². The Morgan fingerprint density at radius 2 is 1.81 bits per heavy atom. The van der Waals surface area contributed by atoms with Crippen molar-refractivity contribution in [3.05, 3.63) is 0 Å². The molecule has 0 aromatic heterocycles. The topological polar surface area (TPSA) is 113 Å². The van der Waals surface area contributed by atoms with Crippen molar-refractivity contribution in [2.75, 3.05) is 11.5 Å². The zero-order valence-electron chi connectivity index (χ0n) is 9.87. The molecule has 1 aliphatic rings. The number of nitrogens with one attached hydrogen (secondary N) is 1. The van der Waals surface area contributed by atoms with Crippen LogP contribution in [-0.2, 0) is 4.79 Å². The fourth-order valence-electron chi connectivity index (χ4n) is 0.838. The molecule has 0 unspecified atom stereocenters. The quantitative estimate of drug-likeness (QED) is 0.448. The second-order valence-electron chi connectivity index (χ2n) is 3.27. The first-order valence-electron chi connectivity index (χ1n) is 5.39. The average Bonchev–Trinajstić information content (AvgIpc) is 2.71. The summed E-state index contributed by atoms with van der Waals surface area (Å²) in [6.07, 6.45) is 5.01. The van der Waals surface area contributed by atoms with Crippen molar-refractivity contribution in [2.24, 2.45) is 11.5 Å². The van der Waals surface area contributed by atoms with Crippen LogP contribution in [-0.4, -0.2) is 28.5 Å². The fourth-order valence-corrected chi connectivity index (χ4v) is 1.86. The summed E-state index contributed by atoms with van der Waals surface area (Å²) in [6, 6.07) is 0. The maximum atomic E-state index is 9.76. The van der Waals surface area contributed by atoms with Crippen molar-refractivity contribution < 1.29 is 9.90 Å². The lowest BCUT2D eigenvalue weighted by atomic mass is 10.3. The Morgan fingerprint density at radius 1 is 1.38 bits per heavy atom. The van der Waals surface area contributed by atoms with Gasteiger partial charge in [-0.2, -0.15) is 11.8 Å². The Hall–Kier alpha value is -0.910. The summed E-state index contributed by atoms with van der Waals surface area (Å²) < 4.78 is 0. The molecule has 1 saturated heterocycles. The van der Waals surface area contributed by atoms with Gasteiger partial charge in [-0.1, -0.05) is 13.3 Å². The summed E-state index contributed by atoms with van der Waals surface area (Å²) in [5.41, 5.74) is 8.94. The molecule has 0 aromatic carbocycles. The SMILES string of the molecule is C1CCSC1.CCCCC(=O)O.N=C(N)N. The monoisotopic (exact) mass is 249 g/mol. The molecule has 1 fully saturated rings. The predicted octanol–water partition coefficient (Wildman–Crippen LogP) is 1.61. The van der Waals surface area contributed by atoms with Crippen LogP contribution in [0.4, 0.5) is 0 Å². The van der Waals surface area contributed by atoms with E-state index < -0.39 is 5.97 Å². The highest BCUT2D eigenvalue weighted by molar-refractivity contribution is 7.99. The van der Waals surface area contributed by atoms with Gasteiger partial charge in [-0.05, 0) is 30.8 Å². The molecule has 6 N–H and O–H groups in total. The maximum absolute atomic E-state index is 9.76. The van der Waals surface area contributed by atoms with E-state index in [1.807, 2.05) is 6.92 Å². The number of hydrogen-bond acceptors (Lipinski definition) is 3. The highest BCUT2D eigenvalue weighted by Crippen LogP contribution is 2.14. The summed E-state index contributed by atoms with van der Waals surface area (Å²) in [6.45, 7) is 1.98. The average molecular weight is 249 g/mol. The molecular weight excluding hydrogens is 226 g/mol. The van der Waals surface area contributed by atoms with Crippen LogP contribution in [0, 0.1) is 5.41 Å². The lowest BCUT2D eigenvalue weighted by Crippen LogP contribution is -2.20. The number of carbonyl (C=O) groups is 1. The molecule has 1 heterocycles. The van der Waals surface area contributed by atoms with Crippen LogP contribution in [0.2, 0.25) is 0 Å². The van der Waals surface area contributed by atoms with Gasteiger partial charge in [0.1, 0.15) is 0 Å². The summed E-state index contributed by atoms with van der Waals surface area (Å²) in [4.78, 5) is 9.76. The number of guanidine groups is 1. The first-order chi connectivity index (χ1) is 7.50. The molecular formula is C10H23N3O2S. The Balaban J connectivity index is 0. The lowest BCUT2D eigenvalue weighted by Gasteiger charge is -1.85. The molecule has 16 heavy (non-hydrogen) atoms. The van der Waals surface area contributed by atoms with Crippen LogP contribution < -0.4 is 11.5 Å². The number of carboxylic acid groups (broad SMARTS) is 1. The molecule has 0 spiro atoms. The molecule has 1 rings (SSSR count). The molecule has 1 aliphatic heterocycles. The summed E-state index contributed by atoms with van der Waals surface area (Å²) in [7, 11) is 0. The number of hydrogen-bond donors (Lipinski definition) is 4. The first kappa shape index (κ1) is 17.5. The normalized spacial score (nSPS) is 12.8. The van der Waals surface area contributed by atoms with E-state index in [2.05, 4.69) is 23.2 Å². The van der Waals surface area contributed by atoms with E-state index in [-0.39, 0.29) is 5.96 Å². The van der Waals surface area contributed by atoms with E-state index in [0.29, 0.717) is 6.42 Å². The van der Waals surface area contributed by atoms with Crippen molar-refractivity contribution in [2.45, 2.75) is 39.0 Å². The Kier molecular flexibility index (Phi) is 15.4. The van der Waals surface area contributed by atoms with Gasteiger partial charge in [-0.15, -0.1) is 0 Å². The van der Waals surface area contributed by atoms with E-state index in [0.717, 1.165) is 12.8 Å². The summed E-state index contributed by atoms with van der Waals surface area (Å²) >= 11 is 2.07. The van der Waals surface area contributed by atoms with Gasteiger partial charge in [0.2, 0.25) is 0 Å². The van der Waals surface area contributed by atoms with E-state index in [1.165, 1.54) is 24.3 Å². The molecule has 0 bridgehead atoms. The minimum absolute atomic E-state index is 0.316. The highest BCUT2D eigenvalue weighted by atomic mass is 32.2. The summed E-state index contributed by atoms with van der Waals surface area (Å²) in [5.74, 6) is 1.81. The van der Waals surface area contributed by atoms with E-state index in [4.69, 9.17) is 10.5 Å². The standard InChI is InChI=1S/C5H10O2.C4H8S.CH5N3/c1-2-3-4-5(6)7;1-2-4-5-3-1;2-1(3)4/h2-4H2,1H3,(H,6,7);1-4H2;(H5,2,3,4). The van der Waals surface area contributed by atoms with Gasteiger partial charge in [0, 0.05) is 6.42 Å². The van der Waals surface area contributed by atoms with Crippen molar-refractivity contribution in [3.8, 4) is 0 Å². The zero-order valence-corrected chi connectivity index (χ0v) is 10.7. The van der Waals surface area contributed by atoms with Gasteiger partial charge in [-0.25, -0.2) is 0 Å². The smallest absolute Gasteiger partial charge is 0.303 e. The number of thioether (sulfide) groups is 1. The van der Waals surface area contributed by atoms with Gasteiger partial charge in [-0.3, -0.25) is 10.2 Å². The van der Waals surface area contributed by atoms with Gasteiger partial charge in [0.05, 0.1) is 0 Å². The summed E-state index contributed by atoms with van der Waals surface area (Å²) in [5, 5.41) is 14.1. The van der Waals surface area contributed by atoms with Crippen LogP contribution in [0.1, 0.15) is 39.0 Å². The number of aliphatic carboxylic acids is 1. The lowest BCUT2D eigenvalue weighted by molar-refractivity contribution is -0.137. The van der Waals surface area contributed by atoms with E-state index in [9.17, 15) is 4.79 Å². The third-order valence-electron chi connectivity index (χ3n) is 1.57. The van der Waals surface area contributed by atoms with Crippen LogP contribution in [0.3, 0.4) is 0 Å². The van der Waals surface area contributed by atoms with Crippen LogP contribution in [0.25, 0.3) is 0 Å². The van der Waals surface area contributed by atoms with Crippen molar-refractivity contribution in [1.82, 2.24) is 0 Å². The first-order valence-corrected chi connectivity index (χ1v) is 6.55. The molecule has 0 saturated carbocycles. The van der Waals surface area contributed by atoms with Gasteiger partial charge in [0.15, 0.2) is 5.96 Å².